The Kier molecular flexibility index (Phi) is 4.78. The maximum absolute atomic E-state index is 12.2. The Morgan fingerprint density at radius 2 is 2.39 bits per heavy atom. The van der Waals surface area contributed by atoms with Crippen molar-refractivity contribution in [2.45, 2.75) is 25.3 Å². The molecule has 1 amide bonds. The van der Waals surface area contributed by atoms with Gasteiger partial charge in [-0.15, -0.1) is 0 Å². The first kappa shape index (κ1) is 13.6. The molecule has 0 saturated carbocycles. The summed E-state index contributed by atoms with van der Waals surface area (Å²) in [5.41, 5.74) is 1.07. The fourth-order valence-electron chi connectivity index (χ4n) is 2.37. The first-order valence-corrected chi connectivity index (χ1v) is 7.18. The van der Waals surface area contributed by atoms with Crippen LogP contribution in [0.3, 0.4) is 0 Å². The van der Waals surface area contributed by atoms with Crippen molar-refractivity contribution in [2.24, 2.45) is 0 Å². The van der Waals surface area contributed by atoms with E-state index < -0.39 is 0 Å². The molecule has 1 fully saturated rings. The number of carbonyl (C=O) groups is 1. The Morgan fingerprint density at radius 3 is 3.11 bits per heavy atom. The minimum Gasteiger partial charge on any atom is -0.341 e. The van der Waals surface area contributed by atoms with Gasteiger partial charge < -0.3 is 10.2 Å². The number of amides is 1. The largest absolute Gasteiger partial charge is 0.341 e. The summed E-state index contributed by atoms with van der Waals surface area (Å²) < 4.78 is 1.03. The van der Waals surface area contributed by atoms with Crippen LogP contribution >= 0.6 is 15.9 Å². The van der Waals surface area contributed by atoms with Crippen molar-refractivity contribution >= 4 is 21.8 Å². The predicted octanol–water partition coefficient (Wildman–Crippen LogP) is 2.20. The Hall–Kier alpha value is -0.870. The van der Waals surface area contributed by atoms with Crippen LogP contribution in [0.15, 0.2) is 28.7 Å². The Labute approximate surface area is 117 Å². The second-order valence-electron chi connectivity index (χ2n) is 4.77. The number of nitrogens with one attached hydrogen (secondary N) is 1. The molecule has 98 valence electrons. The van der Waals surface area contributed by atoms with E-state index in [0.717, 1.165) is 36.0 Å². The van der Waals surface area contributed by atoms with Crippen molar-refractivity contribution in [3.05, 3.63) is 34.3 Å². The van der Waals surface area contributed by atoms with Crippen LogP contribution in [-0.4, -0.2) is 37.0 Å². The molecule has 0 aliphatic carbocycles. The number of likely N-dealkylation sites (N-methyl/N-ethyl adjacent to an activating group) is 1. The highest BCUT2D eigenvalue weighted by atomic mass is 79.9. The molecule has 1 aliphatic rings. The second-order valence-corrected chi connectivity index (χ2v) is 5.69. The van der Waals surface area contributed by atoms with Crippen molar-refractivity contribution in [1.29, 1.82) is 0 Å². The minimum absolute atomic E-state index is 0.230. The molecule has 1 aliphatic heterocycles. The van der Waals surface area contributed by atoms with Gasteiger partial charge in [-0.05, 0) is 37.6 Å². The summed E-state index contributed by atoms with van der Waals surface area (Å²) in [5, 5.41) is 3.26. The average molecular weight is 311 g/mol. The summed E-state index contributed by atoms with van der Waals surface area (Å²) in [4.78, 5) is 14.2. The highest BCUT2D eigenvalue weighted by Gasteiger charge is 2.22. The van der Waals surface area contributed by atoms with Gasteiger partial charge in [-0.2, -0.15) is 0 Å². The molecular weight excluding hydrogens is 292 g/mol. The fourth-order valence-corrected chi connectivity index (χ4v) is 2.82. The molecule has 0 radical (unpaired) electrons. The van der Waals surface area contributed by atoms with Crippen molar-refractivity contribution in [3.63, 3.8) is 0 Å². The number of piperidine rings is 1. The van der Waals surface area contributed by atoms with Crippen LogP contribution in [0, 0.1) is 0 Å². The molecule has 3 nitrogen and oxygen atoms in total. The molecule has 1 atom stereocenters. The normalized spacial score (nSPS) is 19.9. The van der Waals surface area contributed by atoms with Crippen LogP contribution < -0.4 is 5.32 Å². The van der Waals surface area contributed by atoms with E-state index in [2.05, 4.69) is 21.2 Å². The topological polar surface area (TPSA) is 32.3 Å². The van der Waals surface area contributed by atoms with Crippen molar-refractivity contribution in [1.82, 2.24) is 10.2 Å². The summed E-state index contributed by atoms with van der Waals surface area (Å²) in [6.45, 7) is 1.73. The smallest absolute Gasteiger partial charge is 0.227 e. The van der Waals surface area contributed by atoms with E-state index >= 15 is 0 Å². The Morgan fingerprint density at radius 1 is 1.56 bits per heavy atom. The van der Waals surface area contributed by atoms with Gasteiger partial charge in [0.25, 0.3) is 0 Å². The van der Waals surface area contributed by atoms with Gasteiger partial charge in [0.15, 0.2) is 0 Å². The average Bonchev–Trinajstić information content (AvgIpc) is 2.39. The summed E-state index contributed by atoms with van der Waals surface area (Å²) in [6.07, 6.45) is 2.75. The lowest BCUT2D eigenvalue weighted by Gasteiger charge is -2.32. The van der Waals surface area contributed by atoms with Crippen molar-refractivity contribution in [3.8, 4) is 0 Å². The predicted molar refractivity (Wildman–Crippen MR) is 76.5 cm³/mol. The second kappa shape index (κ2) is 6.34. The molecule has 0 bridgehead atoms. The summed E-state index contributed by atoms with van der Waals surface area (Å²) in [5.74, 6) is 0.230. The molecule has 1 N–H and O–H groups in total. The van der Waals surface area contributed by atoms with Gasteiger partial charge in [0.05, 0.1) is 6.42 Å². The van der Waals surface area contributed by atoms with Gasteiger partial charge in [-0.25, -0.2) is 0 Å². The zero-order valence-electron chi connectivity index (χ0n) is 10.7. The van der Waals surface area contributed by atoms with Crippen LogP contribution in [0.5, 0.6) is 0 Å². The van der Waals surface area contributed by atoms with Crippen molar-refractivity contribution in [2.75, 3.05) is 20.1 Å². The van der Waals surface area contributed by atoms with E-state index in [1.807, 2.05) is 36.2 Å². The molecular formula is C14H19BrN2O. The van der Waals surface area contributed by atoms with Gasteiger partial charge in [-0.3, -0.25) is 4.79 Å². The third kappa shape index (κ3) is 3.56. The number of nitrogens with zero attached hydrogens (tertiary/aromatic N) is 1. The monoisotopic (exact) mass is 310 g/mol. The van der Waals surface area contributed by atoms with Gasteiger partial charge in [0.1, 0.15) is 0 Å². The van der Waals surface area contributed by atoms with Crippen LogP contribution in [0.2, 0.25) is 0 Å². The van der Waals surface area contributed by atoms with Crippen LogP contribution in [0.4, 0.5) is 0 Å². The van der Waals surface area contributed by atoms with Gasteiger partial charge >= 0.3 is 0 Å². The fraction of sp³-hybridized carbons (Fsp3) is 0.500. The molecule has 1 heterocycles. The van der Waals surface area contributed by atoms with Gasteiger partial charge in [-0.1, -0.05) is 28.1 Å². The highest BCUT2D eigenvalue weighted by Crippen LogP contribution is 2.15. The molecule has 2 rings (SSSR count). The lowest BCUT2D eigenvalue weighted by molar-refractivity contribution is -0.131. The molecule has 4 heteroatoms. The van der Waals surface area contributed by atoms with E-state index in [4.69, 9.17) is 0 Å². The van der Waals surface area contributed by atoms with Crippen LogP contribution in [0.1, 0.15) is 18.4 Å². The standard InChI is InChI=1S/C14H19BrN2O/c1-16-13-6-3-7-17(10-13)14(18)9-11-4-2-5-12(15)8-11/h2,4-5,8,13,16H,3,6-7,9-10H2,1H3. The SMILES string of the molecule is CNC1CCCN(C(=O)Cc2cccc(Br)c2)C1. The molecule has 1 saturated heterocycles. The lowest BCUT2D eigenvalue weighted by atomic mass is 10.0. The number of hydrogen-bond acceptors (Lipinski definition) is 2. The Bertz CT molecular complexity index is 422. The Balaban J connectivity index is 1.95. The van der Waals surface area contributed by atoms with E-state index in [-0.39, 0.29) is 5.91 Å². The third-order valence-corrected chi connectivity index (χ3v) is 3.92. The zero-order chi connectivity index (χ0) is 13.0. The van der Waals surface area contributed by atoms with Gasteiger partial charge in [0.2, 0.25) is 5.91 Å². The first-order valence-electron chi connectivity index (χ1n) is 6.38. The van der Waals surface area contributed by atoms with E-state index in [9.17, 15) is 4.79 Å². The number of hydrogen-bond donors (Lipinski definition) is 1. The number of benzene rings is 1. The molecule has 0 spiro atoms. The zero-order valence-corrected chi connectivity index (χ0v) is 12.2. The van der Waals surface area contributed by atoms with Gasteiger partial charge in [0, 0.05) is 23.6 Å². The third-order valence-electron chi connectivity index (χ3n) is 3.43. The molecule has 1 unspecified atom stereocenters. The quantitative estimate of drug-likeness (QED) is 0.928. The molecule has 0 aromatic heterocycles. The van der Waals surface area contributed by atoms with Crippen molar-refractivity contribution < 1.29 is 4.79 Å². The first-order chi connectivity index (χ1) is 8.69. The number of likely N-dealkylation sites (tertiary alicyclic amines) is 1. The number of halogens is 1. The number of carbonyl (C=O) groups excluding carboxylic acids is 1. The summed E-state index contributed by atoms with van der Waals surface area (Å²) >= 11 is 3.43. The number of rotatable bonds is 3. The molecule has 18 heavy (non-hydrogen) atoms. The molecule has 1 aromatic carbocycles. The molecule has 1 aromatic rings. The van der Waals surface area contributed by atoms with E-state index in [0.29, 0.717) is 12.5 Å². The maximum Gasteiger partial charge on any atom is 0.227 e. The highest BCUT2D eigenvalue weighted by molar-refractivity contribution is 9.10. The summed E-state index contributed by atoms with van der Waals surface area (Å²) in [6, 6.07) is 8.41. The minimum atomic E-state index is 0.230. The van der Waals surface area contributed by atoms with Crippen LogP contribution in [-0.2, 0) is 11.2 Å². The lowest BCUT2D eigenvalue weighted by Crippen LogP contribution is -2.47. The van der Waals surface area contributed by atoms with E-state index in [1.165, 1.54) is 0 Å². The van der Waals surface area contributed by atoms with E-state index in [1.54, 1.807) is 0 Å². The van der Waals surface area contributed by atoms with Crippen LogP contribution in [0.25, 0.3) is 0 Å². The summed E-state index contributed by atoms with van der Waals surface area (Å²) in [7, 11) is 1.97. The maximum atomic E-state index is 12.2.